The Balaban J connectivity index is 2.23. The van der Waals surface area contributed by atoms with E-state index >= 15 is 0 Å². The SMILES string of the molecule is CC(C)(C)C(=O)N1CCN(c2c(F)c(F)c(Cl)c(F)c2F)CC1. The summed E-state index contributed by atoms with van der Waals surface area (Å²) in [5, 5.41) is -1.20. The average Bonchev–Trinajstić information content (AvgIpc) is 2.50. The van der Waals surface area contributed by atoms with Crippen LogP contribution in [0.15, 0.2) is 0 Å². The fourth-order valence-electron chi connectivity index (χ4n) is 2.48. The number of nitrogens with zero attached hydrogens (tertiary/aromatic N) is 2. The van der Waals surface area contributed by atoms with E-state index in [9.17, 15) is 22.4 Å². The van der Waals surface area contributed by atoms with E-state index < -0.39 is 39.4 Å². The van der Waals surface area contributed by atoms with Crippen molar-refractivity contribution in [2.24, 2.45) is 5.41 Å². The van der Waals surface area contributed by atoms with Crippen molar-refractivity contribution in [2.75, 3.05) is 31.1 Å². The van der Waals surface area contributed by atoms with E-state index in [0.29, 0.717) is 0 Å². The molecule has 1 heterocycles. The number of halogens is 5. The normalized spacial score (nSPS) is 16.0. The highest BCUT2D eigenvalue weighted by Crippen LogP contribution is 2.34. The summed E-state index contributed by atoms with van der Waals surface area (Å²) in [6.45, 7) is 5.86. The maximum absolute atomic E-state index is 13.9. The molecular weight excluding hydrogens is 336 g/mol. The Labute approximate surface area is 136 Å². The van der Waals surface area contributed by atoms with Crippen molar-refractivity contribution in [3.05, 3.63) is 28.3 Å². The van der Waals surface area contributed by atoms with Gasteiger partial charge >= 0.3 is 0 Å². The van der Waals surface area contributed by atoms with E-state index in [-0.39, 0.29) is 32.1 Å². The van der Waals surface area contributed by atoms with Gasteiger partial charge in [0.15, 0.2) is 23.3 Å². The lowest BCUT2D eigenvalue weighted by molar-refractivity contribution is -0.139. The van der Waals surface area contributed by atoms with Crippen LogP contribution in [0, 0.1) is 28.7 Å². The average molecular weight is 353 g/mol. The molecule has 2 rings (SSSR count). The molecule has 8 heteroatoms. The molecule has 0 saturated carbocycles. The van der Waals surface area contributed by atoms with Gasteiger partial charge in [0.05, 0.1) is 0 Å². The topological polar surface area (TPSA) is 23.6 Å². The van der Waals surface area contributed by atoms with Crippen LogP contribution in [0.5, 0.6) is 0 Å². The predicted molar refractivity (Wildman–Crippen MR) is 79.5 cm³/mol. The van der Waals surface area contributed by atoms with Crippen molar-refractivity contribution >= 4 is 23.2 Å². The molecule has 1 saturated heterocycles. The molecule has 3 nitrogen and oxygen atoms in total. The Bertz CT molecular complexity index is 608. The number of hydrogen-bond donors (Lipinski definition) is 0. The Morgan fingerprint density at radius 2 is 1.35 bits per heavy atom. The smallest absolute Gasteiger partial charge is 0.228 e. The number of piperazine rings is 1. The Hall–Kier alpha value is -1.50. The van der Waals surface area contributed by atoms with Crippen molar-refractivity contribution in [3.63, 3.8) is 0 Å². The number of carbonyl (C=O) groups excluding carboxylic acids is 1. The molecule has 0 spiro atoms. The Morgan fingerprint density at radius 3 is 1.74 bits per heavy atom. The fourth-order valence-corrected chi connectivity index (χ4v) is 2.64. The van der Waals surface area contributed by atoms with Gasteiger partial charge in [0, 0.05) is 31.6 Å². The lowest BCUT2D eigenvalue weighted by Crippen LogP contribution is -2.52. The molecule has 1 fully saturated rings. The Kier molecular flexibility index (Phi) is 4.80. The van der Waals surface area contributed by atoms with Crippen LogP contribution in [0.2, 0.25) is 5.02 Å². The van der Waals surface area contributed by atoms with Crippen LogP contribution in [0.3, 0.4) is 0 Å². The molecule has 1 aliphatic heterocycles. The van der Waals surface area contributed by atoms with Crippen molar-refractivity contribution < 1.29 is 22.4 Å². The minimum Gasteiger partial charge on any atom is -0.363 e. The number of amides is 1. The van der Waals surface area contributed by atoms with Gasteiger partial charge in [0.1, 0.15) is 10.7 Å². The summed E-state index contributed by atoms with van der Waals surface area (Å²) in [6, 6.07) is 0. The molecule has 128 valence electrons. The quantitative estimate of drug-likeness (QED) is 0.438. The monoisotopic (exact) mass is 352 g/mol. The zero-order chi connectivity index (χ0) is 17.5. The molecule has 0 aromatic heterocycles. The molecule has 0 atom stereocenters. The largest absolute Gasteiger partial charge is 0.363 e. The van der Waals surface area contributed by atoms with Gasteiger partial charge in [-0.25, -0.2) is 17.6 Å². The first-order valence-corrected chi connectivity index (χ1v) is 7.49. The number of carbonyl (C=O) groups is 1. The van der Waals surface area contributed by atoms with E-state index in [1.54, 1.807) is 25.7 Å². The predicted octanol–water partition coefficient (Wildman–Crippen LogP) is 3.59. The van der Waals surface area contributed by atoms with E-state index in [2.05, 4.69) is 0 Å². The summed E-state index contributed by atoms with van der Waals surface area (Å²) in [5.41, 5.74) is -1.36. The third kappa shape index (κ3) is 3.24. The van der Waals surface area contributed by atoms with Crippen molar-refractivity contribution in [1.82, 2.24) is 4.90 Å². The molecular formula is C15H17ClF4N2O. The standard InChI is InChI=1S/C15H17ClF4N2O/c1-15(2,3)14(23)22-6-4-21(5-7-22)13-11(19)9(17)8(16)10(18)12(13)20/h4-7H2,1-3H3. The second-order valence-corrected chi connectivity index (χ2v) is 6.83. The lowest BCUT2D eigenvalue weighted by atomic mass is 9.94. The first-order chi connectivity index (χ1) is 10.6. The minimum absolute atomic E-state index is 0.0656. The highest BCUT2D eigenvalue weighted by Gasteiger charge is 2.33. The number of anilines is 1. The Morgan fingerprint density at radius 1 is 0.913 bits per heavy atom. The van der Waals surface area contributed by atoms with E-state index in [1.165, 1.54) is 4.90 Å². The summed E-state index contributed by atoms with van der Waals surface area (Å²) in [5.74, 6) is -6.37. The first kappa shape index (κ1) is 17.8. The second kappa shape index (κ2) is 6.19. The summed E-state index contributed by atoms with van der Waals surface area (Å²) in [4.78, 5) is 14.9. The molecule has 0 N–H and O–H groups in total. The molecule has 1 aliphatic rings. The molecule has 0 aliphatic carbocycles. The summed E-state index contributed by atoms with van der Waals surface area (Å²) in [6.07, 6.45) is 0. The van der Waals surface area contributed by atoms with Crippen molar-refractivity contribution in [1.29, 1.82) is 0 Å². The molecule has 0 unspecified atom stereocenters. The van der Waals surface area contributed by atoms with Crippen molar-refractivity contribution in [2.45, 2.75) is 20.8 Å². The number of rotatable bonds is 1. The van der Waals surface area contributed by atoms with Crippen molar-refractivity contribution in [3.8, 4) is 0 Å². The maximum Gasteiger partial charge on any atom is 0.228 e. The van der Waals surface area contributed by atoms with E-state index in [1.807, 2.05) is 0 Å². The van der Waals surface area contributed by atoms with Gasteiger partial charge < -0.3 is 9.80 Å². The van der Waals surface area contributed by atoms with Gasteiger partial charge in [-0.05, 0) is 0 Å². The maximum atomic E-state index is 13.9. The highest BCUT2D eigenvalue weighted by molar-refractivity contribution is 6.31. The molecule has 1 amide bonds. The first-order valence-electron chi connectivity index (χ1n) is 7.11. The number of benzene rings is 1. The molecule has 1 aromatic carbocycles. The van der Waals surface area contributed by atoms with Gasteiger partial charge in [-0.15, -0.1) is 0 Å². The van der Waals surface area contributed by atoms with Crippen LogP contribution in [0.4, 0.5) is 23.2 Å². The van der Waals surface area contributed by atoms with Gasteiger partial charge in [0.2, 0.25) is 5.91 Å². The lowest BCUT2D eigenvalue weighted by Gasteiger charge is -2.38. The van der Waals surface area contributed by atoms with Gasteiger partial charge in [-0.3, -0.25) is 4.79 Å². The zero-order valence-corrected chi connectivity index (χ0v) is 13.8. The third-order valence-electron chi connectivity index (χ3n) is 3.71. The van der Waals surface area contributed by atoms with Crippen LogP contribution in [0.25, 0.3) is 0 Å². The fraction of sp³-hybridized carbons (Fsp3) is 0.533. The second-order valence-electron chi connectivity index (χ2n) is 6.45. The summed E-state index contributed by atoms with van der Waals surface area (Å²) < 4.78 is 55.0. The number of hydrogen-bond acceptors (Lipinski definition) is 2. The zero-order valence-electron chi connectivity index (χ0n) is 13.0. The summed E-state index contributed by atoms with van der Waals surface area (Å²) >= 11 is 5.21. The van der Waals surface area contributed by atoms with Crippen LogP contribution in [0.1, 0.15) is 20.8 Å². The van der Waals surface area contributed by atoms with E-state index in [4.69, 9.17) is 11.6 Å². The van der Waals surface area contributed by atoms with E-state index in [0.717, 1.165) is 0 Å². The van der Waals surface area contributed by atoms with Crippen LogP contribution >= 0.6 is 11.6 Å². The minimum atomic E-state index is -1.62. The molecule has 23 heavy (non-hydrogen) atoms. The van der Waals surface area contributed by atoms with Gasteiger partial charge in [-0.2, -0.15) is 0 Å². The summed E-state index contributed by atoms with van der Waals surface area (Å²) in [7, 11) is 0. The molecule has 1 aromatic rings. The highest BCUT2D eigenvalue weighted by atomic mass is 35.5. The molecule has 0 bridgehead atoms. The van der Waals surface area contributed by atoms with Crippen LogP contribution in [-0.4, -0.2) is 37.0 Å². The third-order valence-corrected chi connectivity index (χ3v) is 4.04. The van der Waals surface area contributed by atoms with Crippen LogP contribution < -0.4 is 4.90 Å². The molecule has 0 radical (unpaired) electrons. The van der Waals surface area contributed by atoms with Crippen LogP contribution in [-0.2, 0) is 4.79 Å². The van der Waals surface area contributed by atoms with Gasteiger partial charge in [0.25, 0.3) is 0 Å². The van der Waals surface area contributed by atoms with Gasteiger partial charge in [-0.1, -0.05) is 32.4 Å².